The summed E-state index contributed by atoms with van der Waals surface area (Å²) in [5.41, 5.74) is 5.56. The summed E-state index contributed by atoms with van der Waals surface area (Å²) in [6.07, 6.45) is 1.76. The fraction of sp³-hybridized carbons (Fsp3) is 0.160. The summed E-state index contributed by atoms with van der Waals surface area (Å²) >= 11 is 0. The van der Waals surface area contributed by atoms with E-state index < -0.39 is 0 Å². The van der Waals surface area contributed by atoms with Crippen LogP contribution in [0, 0.1) is 6.92 Å². The van der Waals surface area contributed by atoms with Gasteiger partial charge >= 0.3 is 0 Å². The van der Waals surface area contributed by atoms with Crippen molar-refractivity contribution < 1.29 is 4.74 Å². The Morgan fingerprint density at radius 1 is 0.857 bits per heavy atom. The van der Waals surface area contributed by atoms with Crippen LogP contribution < -0.4 is 0 Å². The third-order valence-electron chi connectivity index (χ3n) is 4.91. The van der Waals surface area contributed by atoms with Gasteiger partial charge in [-0.25, -0.2) is 4.98 Å². The van der Waals surface area contributed by atoms with Crippen molar-refractivity contribution >= 4 is 0 Å². The maximum atomic E-state index is 6.25. The first-order chi connectivity index (χ1) is 13.8. The van der Waals surface area contributed by atoms with Crippen molar-refractivity contribution in [3.05, 3.63) is 108 Å². The number of imidazole rings is 1. The minimum absolute atomic E-state index is 0.184. The molecule has 0 radical (unpaired) electrons. The Balaban J connectivity index is 1.94. The molecule has 140 valence electrons. The van der Waals surface area contributed by atoms with Gasteiger partial charge < -0.3 is 4.74 Å². The quantitative estimate of drug-likeness (QED) is 0.419. The van der Waals surface area contributed by atoms with E-state index >= 15 is 0 Å². The van der Waals surface area contributed by atoms with E-state index in [1.165, 1.54) is 11.1 Å². The highest BCUT2D eigenvalue weighted by Crippen LogP contribution is 2.33. The fourth-order valence-electron chi connectivity index (χ4n) is 3.57. The summed E-state index contributed by atoms with van der Waals surface area (Å²) < 4.78 is 8.46. The van der Waals surface area contributed by atoms with E-state index in [9.17, 15) is 0 Å². The average Bonchev–Trinajstić information content (AvgIpc) is 3.19. The first kappa shape index (κ1) is 18.2. The van der Waals surface area contributed by atoms with E-state index in [-0.39, 0.29) is 6.10 Å². The molecule has 0 amide bonds. The van der Waals surface area contributed by atoms with Gasteiger partial charge in [-0.3, -0.25) is 4.57 Å². The van der Waals surface area contributed by atoms with E-state index in [0.717, 1.165) is 22.8 Å². The molecule has 28 heavy (non-hydrogen) atoms. The number of hydrogen-bond acceptors (Lipinski definition) is 2. The van der Waals surface area contributed by atoms with Gasteiger partial charge in [0.2, 0.25) is 0 Å². The third kappa shape index (κ3) is 3.49. The number of para-hydroxylation sites is 1. The molecule has 3 aromatic carbocycles. The Bertz CT molecular complexity index is 1040. The SMILES string of the molecule is CCOC(c1ccccc1C)c1cnc(-c2ccccc2)n1-c1ccccc1. The molecular weight excluding hydrogens is 344 g/mol. The van der Waals surface area contributed by atoms with Crippen molar-refractivity contribution in [2.75, 3.05) is 6.61 Å². The maximum absolute atomic E-state index is 6.25. The van der Waals surface area contributed by atoms with Crippen LogP contribution in [0.2, 0.25) is 0 Å². The molecule has 0 N–H and O–H groups in total. The predicted octanol–water partition coefficient (Wildman–Crippen LogP) is 5.97. The Hall–Kier alpha value is -3.17. The molecule has 1 heterocycles. The first-order valence-corrected chi connectivity index (χ1v) is 9.65. The van der Waals surface area contributed by atoms with Gasteiger partial charge in [0.15, 0.2) is 0 Å². The second-order valence-electron chi connectivity index (χ2n) is 6.74. The lowest BCUT2D eigenvalue weighted by molar-refractivity contribution is 0.0868. The Morgan fingerprint density at radius 2 is 1.50 bits per heavy atom. The Morgan fingerprint density at radius 3 is 2.18 bits per heavy atom. The zero-order valence-electron chi connectivity index (χ0n) is 16.2. The molecule has 1 atom stereocenters. The number of ether oxygens (including phenoxy) is 1. The summed E-state index contributed by atoms with van der Waals surface area (Å²) in [6.45, 7) is 4.79. The van der Waals surface area contributed by atoms with Crippen LogP contribution in [-0.2, 0) is 4.74 Å². The number of aryl methyl sites for hydroxylation is 1. The van der Waals surface area contributed by atoms with Gasteiger partial charge in [-0.1, -0.05) is 72.8 Å². The van der Waals surface area contributed by atoms with E-state index in [0.29, 0.717) is 6.61 Å². The number of aromatic nitrogens is 2. The summed E-state index contributed by atoms with van der Waals surface area (Å²) in [5, 5.41) is 0. The third-order valence-corrected chi connectivity index (χ3v) is 4.91. The molecule has 0 saturated carbocycles. The lowest BCUT2D eigenvalue weighted by atomic mass is 10.0. The summed E-state index contributed by atoms with van der Waals surface area (Å²) in [4.78, 5) is 4.80. The minimum atomic E-state index is -0.184. The van der Waals surface area contributed by atoms with Crippen molar-refractivity contribution in [2.24, 2.45) is 0 Å². The van der Waals surface area contributed by atoms with Gasteiger partial charge in [0, 0.05) is 17.9 Å². The minimum Gasteiger partial charge on any atom is -0.367 e. The van der Waals surface area contributed by atoms with Crippen molar-refractivity contribution in [2.45, 2.75) is 20.0 Å². The lowest BCUT2D eigenvalue weighted by Crippen LogP contribution is -2.13. The van der Waals surface area contributed by atoms with Crippen LogP contribution in [0.5, 0.6) is 0 Å². The molecule has 0 aliphatic carbocycles. The van der Waals surface area contributed by atoms with Gasteiger partial charge in [0.25, 0.3) is 0 Å². The second-order valence-corrected chi connectivity index (χ2v) is 6.74. The molecule has 0 aliphatic heterocycles. The van der Waals surface area contributed by atoms with Crippen LogP contribution in [0.3, 0.4) is 0 Å². The highest BCUT2D eigenvalue weighted by atomic mass is 16.5. The Kier molecular flexibility index (Phi) is 5.36. The van der Waals surface area contributed by atoms with Gasteiger partial charge in [-0.05, 0) is 37.1 Å². The number of benzene rings is 3. The molecule has 0 fully saturated rings. The van der Waals surface area contributed by atoms with Crippen LogP contribution in [0.1, 0.15) is 29.8 Å². The van der Waals surface area contributed by atoms with Gasteiger partial charge in [-0.2, -0.15) is 0 Å². The summed E-state index contributed by atoms with van der Waals surface area (Å²) in [7, 11) is 0. The van der Waals surface area contributed by atoms with Crippen molar-refractivity contribution in [3.8, 4) is 17.1 Å². The molecule has 0 saturated heterocycles. The van der Waals surface area contributed by atoms with Crippen LogP contribution in [0.4, 0.5) is 0 Å². The maximum Gasteiger partial charge on any atom is 0.144 e. The predicted molar refractivity (Wildman–Crippen MR) is 114 cm³/mol. The molecule has 0 aliphatic rings. The van der Waals surface area contributed by atoms with Crippen LogP contribution in [0.25, 0.3) is 17.1 Å². The number of nitrogens with zero attached hydrogens (tertiary/aromatic N) is 2. The first-order valence-electron chi connectivity index (χ1n) is 9.65. The molecule has 3 heteroatoms. The van der Waals surface area contributed by atoms with Crippen LogP contribution >= 0.6 is 0 Å². The average molecular weight is 368 g/mol. The Labute approximate surface area is 166 Å². The monoisotopic (exact) mass is 368 g/mol. The largest absolute Gasteiger partial charge is 0.367 e. The zero-order valence-corrected chi connectivity index (χ0v) is 16.2. The standard InChI is InChI=1S/C25H24N2O/c1-3-28-24(22-17-11-10-12-19(22)2)23-18-26-25(20-13-6-4-7-14-20)27(23)21-15-8-5-9-16-21/h4-18,24H,3H2,1-2H3. The van der Waals surface area contributed by atoms with E-state index in [2.05, 4.69) is 72.2 Å². The molecule has 3 nitrogen and oxygen atoms in total. The van der Waals surface area contributed by atoms with E-state index in [1.54, 1.807) is 0 Å². The fourth-order valence-corrected chi connectivity index (χ4v) is 3.57. The second kappa shape index (κ2) is 8.24. The van der Waals surface area contributed by atoms with Crippen molar-refractivity contribution in [1.82, 2.24) is 9.55 Å². The van der Waals surface area contributed by atoms with Gasteiger partial charge in [0.05, 0.1) is 11.9 Å². The number of rotatable bonds is 6. The topological polar surface area (TPSA) is 27.1 Å². The van der Waals surface area contributed by atoms with Crippen molar-refractivity contribution in [1.29, 1.82) is 0 Å². The number of hydrogen-bond donors (Lipinski definition) is 0. The molecule has 4 rings (SSSR count). The van der Waals surface area contributed by atoms with E-state index in [1.807, 2.05) is 37.4 Å². The normalized spacial score (nSPS) is 12.1. The zero-order chi connectivity index (χ0) is 19.3. The highest BCUT2D eigenvalue weighted by molar-refractivity contribution is 5.60. The molecule has 4 aromatic rings. The highest BCUT2D eigenvalue weighted by Gasteiger charge is 2.24. The van der Waals surface area contributed by atoms with Gasteiger partial charge in [0.1, 0.15) is 11.9 Å². The van der Waals surface area contributed by atoms with Crippen LogP contribution in [0.15, 0.2) is 91.1 Å². The molecular formula is C25H24N2O. The lowest BCUT2D eigenvalue weighted by Gasteiger charge is -2.22. The molecule has 1 aromatic heterocycles. The summed E-state index contributed by atoms with van der Waals surface area (Å²) in [5.74, 6) is 0.917. The van der Waals surface area contributed by atoms with E-state index in [4.69, 9.17) is 9.72 Å². The van der Waals surface area contributed by atoms with Crippen molar-refractivity contribution in [3.63, 3.8) is 0 Å². The van der Waals surface area contributed by atoms with Crippen LogP contribution in [-0.4, -0.2) is 16.2 Å². The molecule has 0 spiro atoms. The van der Waals surface area contributed by atoms with Gasteiger partial charge in [-0.15, -0.1) is 0 Å². The smallest absolute Gasteiger partial charge is 0.144 e. The molecule has 1 unspecified atom stereocenters. The summed E-state index contributed by atoms with van der Waals surface area (Å²) in [6, 6.07) is 29.0. The molecule has 0 bridgehead atoms.